The number of halogens is 1. The molecule has 1 amide bonds. The Morgan fingerprint density at radius 3 is 2.33 bits per heavy atom. The highest BCUT2D eigenvalue weighted by Crippen LogP contribution is 2.39. The molecule has 1 N–H and O–H groups in total. The van der Waals surface area contributed by atoms with Gasteiger partial charge in [0.1, 0.15) is 5.76 Å². The van der Waals surface area contributed by atoms with E-state index in [2.05, 4.69) is 22.6 Å². The predicted octanol–water partition coefficient (Wildman–Crippen LogP) is 3.67. The van der Waals surface area contributed by atoms with Crippen LogP contribution >= 0.6 is 22.6 Å². The van der Waals surface area contributed by atoms with Crippen LogP contribution in [0.1, 0.15) is 22.7 Å². The van der Waals surface area contributed by atoms with E-state index in [1.54, 1.807) is 19.2 Å². The minimum Gasteiger partial charge on any atom is -0.507 e. The molecule has 1 atom stereocenters. The number of aliphatic hydroxyl groups is 1. The molecule has 0 bridgehead atoms. The molecule has 1 heterocycles. The van der Waals surface area contributed by atoms with Crippen LogP contribution in [0.15, 0.2) is 54.1 Å². The Bertz CT molecular complexity index is 887. The van der Waals surface area contributed by atoms with Crippen LogP contribution in [-0.4, -0.2) is 42.0 Å². The van der Waals surface area contributed by atoms with Gasteiger partial charge in [-0.05, 0) is 47.2 Å². The molecule has 3 rings (SSSR count). The topological polar surface area (TPSA) is 66.8 Å². The van der Waals surface area contributed by atoms with E-state index in [-0.39, 0.29) is 17.9 Å². The molecule has 1 unspecified atom stereocenters. The maximum Gasteiger partial charge on any atom is 0.295 e. The second-order valence-electron chi connectivity index (χ2n) is 6.40. The van der Waals surface area contributed by atoms with E-state index in [0.29, 0.717) is 12.2 Å². The summed E-state index contributed by atoms with van der Waals surface area (Å²) >= 11 is 2.20. The third-order valence-electron chi connectivity index (χ3n) is 4.59. The first kappa shape index (κ1) is 19.6. The third kappa shape index (κ3) is 3.91. The lowest BCUT2D eigenvalue weighted by molar-refractivity contribution is -0.140. The molecule has 5 nitrogen and oxygen atoms in total. The summed E-state index contributed by atoms with van der Waals surface area (Å²) in [5.74, 6) is -1.45. The van der Waals surface area contributed by atoms with Gasteiger partial charge in [0.05, 0.1) is 18.2 Å². The fourth-order valence-corrected chi connectivity index (χ4v) is 3.52. The van der Waals surface area contributed by atoms with Crippen LogP contribution in [-0.2, 0) is 14.3 Å². The van der Waals surface area contributed by atoms with E-state index in [1.165, 1.54) is 4.90 Å². The maximum absolute atomic E-state index is 12.8. The van der Waals surface area contributed by atoms with Crippen molar-refractivity contribution in [2.75, 3.05) is 20.3 Å². The molecule has 1 fully saturated rings. The van der Waals surface area contributed by atoms with E-state index in [4.69, 9.17) is 4.74 Å². The van der Waals surface area contributed by atoms with E-state index >= 15 is 0 Å². The fraction of sp³-hybridized carbons (Fsp3) is 0.238. The number of likely N-dealkylation sites (tertiary alicyclic amines) is 1. The Hall–Kier alpha value is -2.19. The number of hydrogen-bond donors (Lipinski definition) is 1. The molecule has 0 aromatic heterocycles. The summed E-state index contributed by atoms with van der Waals surface area (Å²) in [6.07, 6.45) is 0. The average molecular weight is 477 g/mol. The Balaban J connectivity index is 2.14. The summed E-state index contributed by atoms with van der Waals surface area (Å²) in [5.41, 5.74) is 2.45. The Labute approximate surface area is 171 Å². The van der Waals surface area contributed by atoms with E-state index in [9.17, 15) is 14.7 Å². The van der Waals surface area contributed by atoms with Crippen molar-refractivity contribution in [3.8, 4) is 0 Å². The van der Waals surface area contributed by atoms with E-state index in [1.807, 2.05) is 43.3 Å². The van der Waals surface area contributed by atoms with Gasteiger partial charge in [0.2, 0.25) is 0 Å². The molecule has 0 saturated carbocycles. The standard InChI is InChI=1S/C21H20INO4/c1-13-3-5-15(6-4-13)19(24)17-18(14-7-9-16(22)10-8-14)23(11-12-27-2)21(26)20(17)25/h3-10,18,24H,11-12H2,1-2H3/b19-17+. The minimum atomic E-state index is -0.673. The van der Waals surface area contributed by atoms with Gasteiger partial charge in [0, 0.05) is 22.8 Å². The first-order chi connectivity index (χ1) is 12.9. The molecule has 0 radical (unpaired) electrons. The van der Waals surface area contributed by atoms with Gasteiger partial charge in [-0.15, -0.1) is 0 Å². The van der Waals surface area contributed by atoms with Gasteiger partial charge in [-0.25, -0.2) is 0 Å². The number of amides is 1. The van der Waals surface area contributed by atoms with Crippen molar-refractivity contribution in [3.63, 3.8) is 0 Å². The number of aryl methyl sites for hydroxylation is 1. The number of ketones is 1. The average Bonchev–Trinajstić information content (AvgIpc) is 2.91. The van der Waals surface area contributed by atoms with Crippen LogP contribution < -0.4 is 0 Å². The molecule has 27 heavy (non-hydrogen) atoms. The lowest BCUT2D eigenvalue weighted by Crippen LogP contribution is -2.32. The van der Waals surface area contributed by atoms with Gasteiger partial charge in [-0.3, -0.25) is 9.59 Å². The number of carbonyl (C=O) groups is 2. The number of ether oxygens (including phenoxy) is 1. The Morgan fingerprint density at radius 2 is 1.74 bits per heavy atom. The second kappa shape index (κ2) is 8.22. The molecule has 1 aliphatic rings. The number of carbonyl (C=O) groups excluding carboxylic acids is 2. The van der Waals surface area contributed by atoms with Gasteiger partial charge in [-0.1, -0.05) is 42.0 Å². The van der Waals surface area contributed by atoms with Gasteiger partial charge in [-0.2, -0.15) is 0 Å². The van der Waals surface area contributed by atoms with Crippen LogP contribution in [0, 0.1) is 10.5 Å². The molecule has 6 heteroatoms. The summed E-state index contributed by atoms with van der Waals surface area (Å²) in [6, 6.07) is 14.2. The summed E-state index contributed by atoms with van der Waals surface area (Å²) in [6.45, 7) is 2.51. The van der Waals surface area contributed by atoms with Gasteiger partial charge in [0.25, 0.3) is 11.7 Å². The van der Waals surface area contributed by atoms with Crippen molar-refractivity contribution >= 4 is 40.0 Å². The van der Waals surface area contributed by atoms with Crippen molar-refractivity contribution in [2.24, 2.45) is 0 Å². The number of hydrogen-bond acceptors (Lipinski definition) is 4. The number of rotatable bonds is 5. The zero-order valence-electron chi connectivity index (χ0n) is 15.1. The zero-order valence-corrected chi connectivity index (χ0v) is 17.3. The van der Waals surface area contributed by atoms with Crippen molar-refractivity contribution < 1.29 is 19.4 Å². The molecule has 140 valence electrons. The van der Waals surface area contributed by atoms with Crippen molar-refractivity contribution in [2.45, 2.75) is 13.0 Å². The van der Waals surface area contributed by atoms with Crippen LogP contribution in [0.25, 0.3) is 5.76 Å². The number of aliphatic hydroxyl groups excluding tert-OH is 1. The molecule has 2 aromatic rings. The highest BCUT2D eigenvalue weighted by atomic mass is 127. The smallest absolute Gasteiger partial charge is 0.295 e. The van der Waals surface area contributed by atoms with Gasteiger partial charge in [0.15, 0.2) is 0 Å². The first-order valence-electron chi connectivity index (χ1n) is 8.54. The lowest BCUT2D eigenvalue weighted by Gasteiger charge is -2.25. The van der Waals surface area contributed by atoms with Crippen LogP contribution in [0.4, 0.5) is 0 Å². The summed E-state index contributed by atoms with van der Waals surface area (Å²) in [5, 5.41) is 10.9. The Morgan fingerprint density at radius 1 is 1.11 bits per heavy atom. The molecule has 0 spiro atoms. The molecule has 2 aromatic carbocycles. The fourth-order valence-electron chi connectivity index (χ4n) is 3.16. The van der Waals surface area contributed by atoms with Gasteiger partial charge < -0.3 is 14.7 Å². The van der Waals surface area contributed by atoms with Crippen molar-refractivity contribution in [3.05, 3.63) is 74.4 Å². The summed E-state index contributed by atoms with van der Waals surface area (Å²) in [7, 11) is 1.54. The number of nitrogens with zero attached hydrogens (tertiary/aromatic N) is 1. The largest absolute Gasteiger partial charge is 0.507 e. The highest BCUT2D eigenvalue weighted by Gasteiger charge is 2.45. The Kier molecular flexibility index (Phi) is 5.96. The van der Waals surface area contributed by atoms with Crippen LogP contribution in [0.5, 0.6) is 0 Å². The van der Waals surface area contributed by atoms with Crippen LogP contribution in [0.2, 0.25) is 0 Å². The van der Waals surface area contributed by atoms with Crippen molar-refractivity contribution in [1.82, 2.24) is 4.90 Å². The van der Waals surface area contributed by atoms with E-state index < -0.39 is 17.7 Å². The predicted molar refractivity (Wildman–Crippen MR) is 111 cm³/mol. The molecular formula is C21H20INO4. The third-order valence-corrected chi connectivity index (χ3v) is 5.31. The SMILES string of the molecule is COCCN1C(=O)C(=O)/C(=C(/O)c2ccc(C)cc2)C1c1ccc(I)cc1. The summed E-state index contributed by atoms with van der Waals surface area (Å²) < 4.78 is 6.14. The number of methoxy groups -OCH3 is 1. The molecule has 1 aliphatic heterocycles. The molecular weight excluding hydrogens is 457 g/mol. The number of benzene rings is 2. The quantitative estimate of drug-likeness (QED) is 0.309. The first-order valence-corrected chi connectivity index (χ1v) is 9.61. The summed E-state index contributed by atoms with van der Waals surface area (Å²) in [4.78, 5) is 26.9. The molecule has 1 saturated heterocycles. The van der Waals surface area contributed by atoms with Crippen molar-refractivity contribution in [1.29, 1.82) is 0 Å². The molecule has 0 aliphatic carbocycles. The van der Waals surface area contributed by atoms with Crippen LogP contribution in [0.3, 0.4) is 0 Å². The minimum absolute atomic E-state index is 0.112. The second-order valence-corrected chi connectivity index (χ2v) is 7.65. The van der Waals surface area contributed by atoms with Gasteiger partial charge >= 0.3 is 0 Å². The zero-order chi connectivity index (χ0) is 19.6. The normalized spacial score (nSPS) is 18.9. The number of Topliss-reactive ketones (excluding diaryl/α,β-unsaturated/α-hetero) is 1. The van der Waals surface area contributed by atoms with E-state index in [0.717, 1.165) is 14.7 Å². The maximum atomic E-state index is 12.8. The monoisotopic (exact) mass is 477 g/mol. The lowest BCUT2D eigenvalue weighted by atomic mass is 9.95. The highest BCUT2D eigenvalue weighted by molar-refractivity contribution is 14.1.